The molecule has 0 saturated carbocycles. The highest BCUT2D eigenvalue weighted by Crippen LogP contribution is 2.31. The van der Waals surface area contributed by atoms with E-state index >= 15 is 0 Å². The Morgan fingerprint density at radius 3 is 2.35 bits per heavy atom. The van der Waals surface area contributed by atoms with Crippen LogP contribution in [0.25, 0.3) is 0 Å². The van der Waals surface area contributed by atoms with Crippen molar-refractivity contribution >= 4 is 33.2 Å². The van der Waals surface area contributed by atoms with Gasteiger partial charge in [0.2, 0.25) is 5.78 Å². The molecule has 0 fully saturated rings. The van der Waals surface area contributed by atoms with Gasteiger partial charge in [-0.15, -0.1) is 0 Å². The van der Waals surface area contributed by atoms with E-state index in [4.69, 9.17) is 4.84 Å². The Labute approximate surface area is 142 Å². The number of carbonyl (C=O) groups is 2. The summed E-state index contributed by atoms with van der Waals surface area (Å²) in [6.07, 6.45) is 0.137. The minimum absolute atomic E-state index is 0.137. The lowest BCUT2D eigenvalue weighted by atomic mass is 9.84. The second-order valence-corrected chi connectivity index (χ2v) is 6.31. The molecule has 1 heterocycles. The standard InChI is InChI=1S/C18H14BrNO3/c1-12(21)18(17(22)14-5-3-2-4-6-14)11-16(20-23-18)13-7-9-15(19)10-8-13/h2-10H,11H2,1H3. The SMILES string of the molecule is CC(=O)C1(C(=O)c2ccccc2)CC(c2ccc(Br)cc2)=NO1. The number of ketones is 2. The number of halogens is 1. The Morgan fingerprint density at radius 1 is 1.09 bits per heavy atom. The summed E-state index contributed by atoms with van der Waals surface area (Å²) in [4.78, 5) is 30.4. The lowest BCUT2D eigenvalue weighted by molar-refractivity contribution is -0.133. The fraction of sp³-hybridized carbons (Fsp3) is 0.167. The zero-order valence-electron chi connectivity index (χ0n) is 12.5. The van der Waals surface area contributed by atoms with E-state index < -0.39 is 5.60 Å². The zero-order valence-corrected chi connectivity index (χ0v) is 14.0. The molecule has 0 spiro atoms. The van der Waals surface area contributed by atoms with E-state index in [-0.39, 0.29) is 18.0 Å². The van der Waals surface area contributed by atoms with Crippen molar-refractivity contribution in [3.63, 3.8) is 0 Å². The van der Waals surface area contributed by atoms with Crippen LogP contribution in [-0.4, -0.2) is 22.9 Å². The first-order valence-corrected chi connectivity index (χ1v) is 7.94. The average molecular weight is 372 g/mol. The molecule has 0 aliphatic carbocycles. The molecule has 116 valence electrons. The van der Waals surface area contributed by atoms with Crippen LogP contribution < -0.4 is 0 Å². The molecule has 1 atom stereocenters. The van der Waals surface area contributed by atoms with Gasteiger partial charge < -0.3 is 4.84 Å². The van der Waals surface area contributed by atoms with Crippen molar-refractivity contribution in [1.29, 1.82) is 0 Å². The summed E-state index contributed by atoms with van der Waals surface area (Å²) >= 11 is 3.37. The largest absolute Gasteiger partial charge is 0.372 e. The van der Waals surface area contributed by atoms with Crippen molar-refractivity contribution in [1.82, 2.24) is 0 Å². The number of hydrogen-bond donors (Lipinski definition) is 0. The van der Waals surface area contributed by atoms with E-state index in [1.54, 1.807) is 24.3 Å². The number of hydrogen-bond acceptors (Lipinski definition) is 4. The van der Waals surface area contributed by atoms with Crippen LogP contribution in [0.15, 0.2) is 64.2 Å². The Bertz CT molecular complexity index is 784. The Hall–Kier alpha value is -2.27. The average Bonchev–Trinajstić information content (AvgIpc) is 3.02. The maximum Gasteiger partial charge on any atom is 0.262 e. The zero-order chi connectivity index (χ0) is 16.4. The summed E-state index contributed by atoms with van der Waals surface area (Å²) in [6.45, 7) is 1.36. The molecule has 5 heteroatoms. The molecule has 23 heavy (non-hydrogen) atoms. The number of carbonyl (C=O) groups excluding carboxylic acids is 2. The predicted octanol–water partition coefficient (Wildman–Crippen LogP) is 3.78. The van der Waals surface area contributed by atoms with Gasteiger partial charge >= 0.3 is 0 Å². The molecule has 3 rings (SSSR count). The van der Waals surface area contributed by atoms with Gasteiger partial charge in [0.25, 0.3) is 5.60 Å². The second-order valence-electron chi connectivity index (χ2n) is 5.39. The van der Waals surface area contributed by atoms with Crippen LogP contribution >= 0.6 is 15.9 Å². The predicted molar refractivity (Wildman–Crippen MR) is 90.6 cm³/mol. The molecule has 0 N–H and O–H groups in total. The highest BCUT2D eigenvalue weighted by Gasteiger charge is 2.51. The molecule has 2 aromatic rings. The number of rotatable bonds is 4. The van der Waals surface area contributed by atoms with E-state index in [1.807, 2.05) is 30.3 Å². The van der Waals surface area contributed by atoms with Gasteiger partial charge in [0.05, 0.1) is 12.1 Å². The van der Waals surface area contributed by atoms with E-state index in [0.717, 1.165) is 10.0 Å². The number of oxime groups is 1. The summed E-state index contributed by atoms with van der Waals surface area (Å²) < 4.78 is 0.943. The molecule has 1 aliphatic rings. The van der Waals surface area contributed by atoms with E-state index in [0.29, 0.717) is 11.3 Å². The summed E-state index contributed by atoms with van der Waals surface area (Å²) in [5, 5.41) is 4.02. The van der Waals surface area contributed by atoms with Gasteiger partial charge in [0.15, 0.2) is 5.78 Å². The normalized spacial score (nSPS) is 19.8. The van der Waals surface area contributed by atoms with Gasteiger partial charge in [-0.2, -0.15) is 0 Å². The van der Waals surface area contributed by atoms with Gasteiger partial charge in [-0.3, -0.25) is 9.59 Å². The quantitative estimate of drug-likeness (QED) is 0.606. The summed E-state index contributed by atoms with van der Waals surface area (Å²) in [5.41, 5.74) is 0.299. The van der Waals surface area contributed by atoms with Crippen LogP contribution in [0, 0.1) is 0 Å². The van der Waals surface area contributed by atoms with E-state index in [9.17, 15) is 9.59 Å². The highest BCUT2D eigenvalue weighted by atomic mass is 79.9. The number of nitrogens with zero attached hydrogens (tertiary/aromatic N) is 1. The van der Waals surface area contributed by atoms with Crippen molar-refractivity contribution < 1.29 is 14.4 Å². The van der Waals surface area contributed by atoms with Gasteiger partial charge in [0.1, 0.15) is 0 Å². The third-order valence-electron chi connectivity index (χ3n) is 3.88. The number of Topliss-reactive ketones (excluding diaryl/α,β-unsaturated/α-hetero) is 2. The Balaban J connectivity index is 1.92. The van der Waals surface area contributed by atoms with E-state index in [1.165, 1.54) is 6.92 Å². The molecule has 4 nitrogen and oxygen atoms in total. The molecule has 2 aromatic carbocycles. The van der Waals surface area contributed by atoms with Crippen LogP contribution in [0.1, 0.15) is 29.3 Å². The lowest BCUT2D eigenvalue weighted by Gasteiger charge is -2.21. The topological polar surface area (TPSA) is 55.7 Å². The van der Waals surface area contributed by atoms with Crippen LogP contribution in [0.5, 0.6) is 0 Å². The third-order valence-corrected chi connectivity index (χ3v) is 4.41. The van der Waals surface area contributed by atoms with Crippen molar-refractivity contribution in [3.8, 4) is 0 Å². The molecular weight excluding hydrogens is 358 g/mol. The molecule has 1 aliphatic heterocycles. The van der Waals surface area contributed by atoms with Crippen LogP contribution in [0.4, 0.5) is 0 Å². The maximum atomic E-state index is 12.8. The van der Waals surface area contributed by atoms with Crippen LogP contribution in [-0.2, 0) is 9.63 Å². The molecule has 0 amide bonds. The minimum atomic E-state index is -1.57. The van der Waals surface area contributed by atoms with Gasteiger partial charge in [-0.1, -0.05) is 63.6 Å². The van der Waals surface area contributed by atoms with Crippen molar-refractivity contribution in [3.05, 3.63) is 70.2 Å². The van der Waals surface area contributed by atoms with Crippen molar-refractivity contribution in [2.45, 2.75) is 18.9 Å². The van der Waals surface area contributed by atoms with E-state index in [2.05, 4.69) is 21.1 Å². The first-order valence-electron chi connectivity index (χ1n) is 7.15. The molecule has 0 bridgehead atoms. The Kier molecular flexibility index (Phi) is 4.13. The van der Waals surface area contributed by atoms with Gasteiger partial charge in [0, 0.05) is 10.0 Å². The summed E-state index contributed by atoms with van der Waals surface area (Å²) in [7, 11) is 0. The third kappa shape index (κ3) is 2.84. The van der Waals surface area contributed by atoms with Crippen LogP contribution in [0.3, 0.4) is 0 Å². The molecule has 0 saturated heterocycles. The second kappa shape index (κ2) is 6.08. The fourth-order valence-electron chi connectivity index (χ4n) is 2.52. The monoisotopic (exact) mass is 371 g/mol. The van der Waals surface area contributed by atoms with Gasteiger partial charge in [-0.05, 0) is 24.6 Å². The summed E-state index contributed by atoms with van der Waals surface area (Å²) in [6, 6.07) is 16.2. The first-order chi connectivity index (χ1) is 11.0. The fourth-order valence-corrected chi connectivity index (χ4v) is 2.79. The van der Waals surface area contributed by atoms with Gasteiger partial charge in [-0.25, -0.2) is 0 Å². The molecule has 0 aromatic heterocycles. The molecular formula is C18H14BrNO3. The highest BCUT2D eigenvalue weighted by molar-refractivity contribution is 9.10. The first kappa shape index (κ1) is 15.6. The van der Waals surface area contributed by atoms with Crippen LogP contribution in [0.2, 0.25) is 0 Å². The maximum absolute atomic E-state index is 12.8. The smallest absolute Gasteiger partial charge is 0.262 e. The minimum Gasteiger partial charge on any atom is -0.372 e. The van der Waals surface area contributed by atoms with Crippen molar-refractivity contribution in [2.24, 2.45) is 5.16 Å². The number of benzene rings is 2. The Morgan fingerprint density at radius 2 is 1.74 bits per heavy atom. The molecule has 0 radical (unpaired) electrons. The van der Waals surface area contributed by atoms with Crippen molar-refractivity contribution in [2.75, 3.05) is 0 Å². The molecule has 1 unspecified atom stereocenters. The lowest BCUT2D eigenvalue weighted by Crippen LogP contribution is -2.45. The summed E-state index contributed by atoms with van der Waals surface area (Å²) in [5.74, 6) is -0.705.